The Balaban J connectivity index is 3.94. The van der Waals surface area contributed by atoms with Crippen molar-refractivity contribution in [1.29, 1.82) is 0 Å². The first-order valence-electron chi connectivity index (χ1n) is 5.86. The zero-order chi connectivity index (χ0) is 12.1. The Morgan fingerprint density at radius 1 is 1.13 bits per heavy atom. The van der Waals surface area contributed by atoms with Crippen LogP contribution in [0, 0.1) is 5.41 Å². The summed E-state index contributed by atoms with van der Waals surface area (Å²) in [6, 6.07) is 0. The monoisotopic (exact) mass is 214 g/mol. The molecule has 2 nitrogen and oxygen atoms in total. The van der Waals surface area contributed by atoms with Crippen molar-refractivity contribution in [2.24, 2.45) is 5.41 Å². The minimum atomic E-state index is -0.605. The zero-order valence-corrected chi connectivity index (χ0v) is 11.1. The van der Waals surface area contributed by atoms with Gasteiger partial charge in [0.05, 0.1) is 0 Å². The molecule has 0 rings (SSSR count). The summed E-state index contributed by atoms with van der Waals surface area (Å²) in [5.41, 5.74) is -0.289. The highest BCUT2D eigenvalue weighted by molar-refractivity contribution is 5.86. The van der Waals surface area contributed by atoms with Crippen molar-refractivity contribution in [3.63, 3.8) is 0 Å². The van der Waals surface area contributed by atoms with Crippen LogP contribution in [0.25, 0.3) is 0 Å². The van der Waals surface area contributed by atoms with Gasteiger partial charge < -0.3 is 4.74 Å². The van der Waals surface area contributed by atoms with Gasteiger partial charge in [-0.2, -0.15) is 0 Å². The number of carbonyl (C=O) groups excluding carboxylic acids is 1. The Kier molecular flexibility index (Phi) is 5.50. The summed E-state index contributed by atoms with van der Waals surface area (Å²) in [5.74, 6) is 0.216. The molecule has 0 aromatic heterocycles. The molecule has 0 aromatic carbocycles. The van der Waals surface area contributed by atoms with E-state index in [0.29, 0.717) is 18.4 Å². The normalized spacial score (nSPS) is 12.9. The molecule has 15 heavy (non-hydrogen) atoms. The third kappa shape index (κ3) is 6.67. The first-order valence-corrected chi connectivity index (χ1v) is 5.86. The molecule has 0 unspecified atom stereocenters. The molecule has 0 spiro atoms. The van der Waals surface area contributed by atoms with Crippen molar-refractivity contribution in [2.45, 2.75) is 66.4 Å². The Labute approximate surface area is 94.4 Å². The van der Waals surface area contributed by atoms with E-state index in [1.54, 1.807) is 0 Å². The lowest BCUT2D eigenvalue weighted by Crippen LogP contribution is -2.35. The smallest absolute Gasteiger partial charge is 0.164 e. The third-order valence-electron chi connectivity index (χ3n) is 2.51. The minimum absolute atomic E-state index is 0.216. The molecule has 0 heterocycles. The van der Waals surface area contributed by atoms with Crippen LogP contribution < -0.4 is 0 Å². The second-order valence-electron chi connectivity index (χ2n) is 5.78. The molecular formula is C13H26O2. The van der Waals surface area contributed by atoms with E-state index in [1.165, 1.54) is 0 Å². The molecule has 0 saturated heterocycles. The van der Waals surface area contributed by atoms with Crippen LogP contribution in [-0.2, 0) is 9.53 Å². The van der Waals surface area contributed by atoms with Crippen molar-refractivity contribution in [1.82, 2.24) is 0 Å². The molecule has 0 saturated carbocycles. The van der Waals surface area contributed by atoms with Crippen molar-refractivity contribution in [2.75, 3.05) is 6.61 Å². The quantitative estimate of drug-likeness (QED) is 0.675. The van der Waals surface area contributed by atoms with E-state index in [1.807, 2.05) is 20.8 Å². The van der Waals surface area contributed by atoms with Crippen molar-refractivity contribution in [3.8, 4) is 0 Å². The summed E-state index contributed by atoms with van der Waals surface area (Å²) < 4.78 is 5.42. The lowest BCUT2D eigenvalue weighted by Gasteiger charge is -2.24. The van der Waals surface area contributed by atoms with Crippen LogP contribution in [0.1, 0.15) is 60.8 Å². The number of Topliss-reactive ketones (excluding diaryl/α,β-unsaturated/α-hetero) is 1. The van der Waals surface area contributed by atoms with Gasteiger partial charge in [-0.3, -0.25) is 4.79 Å². The fourth-order valence-electron chi connectivity index (χ4n) is 1.52. The van der Waals surface area contributed by atoms with Crippen LogP contribution in [0.15, 0.2) is 0 Å². The molecule has 0 atom stereocenters. The topological polar surface area (TPSA) is 26.3 Å². The molecule has 0 N–H and O–H groups in total. The number of rotatable bonds is 6. The van der Waals surface area contributed by atoms with E-state index >= 15 is 0 Å². The summed E-state index contributed by atoms with van der Waals surface area (Å²) in [5, 5.41) is 0. The second kappa shape index (κ2) is 5.64. The van der Waals surface area contributed by atoms with Gasteiger partial charge in [0, 0.05) is 13.0 Å². The highest BCUT2D eigenvalue weighted by Crippen LogP contribution is 2.23. The van der Waals surface area contributed by atoms with E-state index in [9.17, 15) is 4.79 Å². The maximum atomic E-state index is 11.8. The summed E-state index contributed by atoms with van der Waals surface area (Å²) >= 11 is 0. The Hall–Kier alpha value is -0.370. The van der Waals surface area contributed by atoms with Gasteiger partial charge >= 0.3 is 0 Å². The van der Waals surface area contributed by atoms with Gasteiger partial charge in [-0.05, 0) is 39.0 Å². The summed E-state index contributed by atoms with van der Waals surface area (Å²) in [6.07, 6.45) is 2.67. The van der Waals surface area contributed by atoms with E-state index in [4.69, 9.17) is 4.74 Å². The van der Waals surface area contributed by atoms with E-state index in [2.05, 4.69) is 20.8 Å². The highest BCUT2D eigenvalue weighted by atomic mass is 16.5. The Bertz CT molecular complexity index is 199. The van der Waals surface area contributed by atoms with Crippen LogP contribution >= 0.6 is 0 Å². The Morgan fingerprint density at radius 2 is 1.67 bits per heavy atom. The van der Waals surface area contributed by atoms with Gasteiger partial charge in [0.2, 0.25) is 0 Å². The van der Waals surface area contributed by atoms with Crippen LogP contribution in [0.4, 0.5) is 0 Å². The predicted octanol–water partition coefficient (Wildman–Crippen LogP) is 3.59. The molecule has 2 heteroatoms. The summed E-state index contributed by atoms with van der Waals surface area (Å²) in [4.78, 5) is 11.8. The number of hydrogen-bond acceptors (Lipinski definition) is 2. The number of hydrogen-bond donors (Lipinski definition) is 0. The highest BCUT2D eigenvalue weighted by Gasteiger charge is 2.27. The molecule has 0 fully saturated rings. The first-order chi connectivity index (χ1) is 6.69. The summed E-state index contributed by atoms with van der Waals surface area (Å²) in [6.45, 7) is 12.8. The van der Waals surface area contributed by atoms with E-state index in [0.717, 1.165) is 12.8 Å². The maximum absolute atomic E-state index is 11.8. The summed E-state index contributed by atoms with van der Waals surface area (Å²) in [7, 11) is 0. The molecule has 0 radical (unpaired) electrons. The standard InChI is InChI=1S/C13H26O2/c1-7-15-13(5,6)11(14)9-8-10-12(2,3)4/h7-10H2,1-6H3. The Morgan fingerprint density at radius 3 is 2.07 bits per heavy atom. The van der Waals surface area contributed by atoms with Crippen LogP contribution in [0.5, 0.6) is 0 Å². The van der Waals surface area contributed by atoms with Crippen molar-refractivity contribution >= 4 is 5.78 Å². The molecule has 0 aromatic rings. The number of ketones is 1. The lowest BCUT2D eigenvalue weighted by molar-refractivity contribution is -0.140. The van der Waals surface area contributed by atoms with E-state index < -0.39 is 5.60 Å². The number of ether oxygens (including phenoxy) is 1. The lowest BCUT2D eigenvalue weighted by atomic mass is 9.88. The average Bonchev–Trinajstić information content (AvgIpc) is 2.01. The third-order valence-corrected chi connectivity index (χ3v) is 2.51. The zero-order valence-electron chi connectivity index (χ0n) is 11.1. The van der Waals surface area contributed by atoms with Gasteiger partial charge in [0.15, 0.2) is 5.78 Å². The maximum Gasteiger partial charge on any atom is 0.164 e. The van der Waals surface area contributed by atoms with Crippen molar-refractivity contribution < 1.29 is 9.53 Å². The molecule has 0 bridgehead atoms. The van der Waals surface area contributed by atoms with Gasteiger partial charge in [-0.1, -0.05) is 20.8 Å². The van der Waals surface area contributed by atoms with Gasteiger partial charge in [0.1, 0.15) is 5.60 Å². The van der Waals surface area contributed by atoms with Crippen LogP contribution in [-0.4, -0.2) is 18.0 Å². The molecule has 0 aliphatic heterocycles. The second-order valence-corrected chi connectivity index (χ2v) is 5.78. The SMILES string of the molecule is CCOC(C)(C)C(=O)CCCC(C)(C)C. The van der Waals surface area contributed by atoms with Crippen LogP contribution in [0.2, 0.25) is 0 Å². The molecule has 0 aliphatic carbocycles. The molecule has 0 aliphatic rings. The van der Waals surface area contributed by atoms with E-state index in [-0.39, 0.29) is 5.78 Å². The minimum Gasteiger partial charge on any atom is -0.368 e. The van der Waals surface area contributed by atoms with Crippen molar-refractivity contribution in [3.05, 3.63) is 0 Å². The van der Waals surface area contributed by atoms with Gasteiger partial charge in [0.25, 0.3) is 0 Å². The van der Waals surface area contributed by atoms with Crippen LogP contribution in [0.3, 0.4) is 0 Å². The fraction of sp³-hybridized carbons (Fsp3) is 0.923. The average molecular weight is 214 g/mol. The molecule has 90 valence electrons. The number of carbonyl (C=O) groups is 1. The first kappa shape index (κ1) is 14.6. The van der Waals surface area contributed by atoms with Gasteiger partial charge in [-0.25, -0.2) is 0 Å². The fourth-order valence-corrected chi connectivity index (χ4v) is 1.52. The largest absolute Gasteiger partial charge is 0.368 e. The predicted molar refractivity (Wildman–Crippen MR) is 64.0 cm³/mol. The van der Waals surface area contributed by atoms with Gasteiger partial charge in [-0.15, -0.1) is 0 Å². The molecular weight excluding hydrogens is 188 g/mol. The molecule has 0 amide bonds.